The fourth-order valence-corrected chi connectivity index (χ4v) is 4.65. The van der Waals surface area contributed by atoms with Crippen LogP contribution in [0.4, 0.5) is 0 Å². The number of likely N-dealkylation sites (tertiary alicyclic amines) is 1. The summed E-state index contributed by atoms with van der Waals surface area (Å²) < 4.78 is 11.1. The van der Waals surface area contributed by atoms with Gasteiger partial charge in [-0.2, -0.15) is 0 Å². The highest BCUT2D eigenvalue weighted by atomic mass is 16.5. The molecule has 0 aromatic heterocycles. The zero-order valence-electron chi connectivity index (χ0n) is 13.3. The summed E-state index contributed by atoms with van der Waals surface area (Å²) >= 11 is 0. The van der Waals surface area contributed by atoms with Crippen molar-refractivity contribution >= 4 is 5.97 Å². The second-order valence-corrected chi connectivity index (χ2v) is 7.05. The molecular formula is C17H29NO3. The fourth-order valence-electron chi connectivity index (χ4n) is 4.65. The minimum Gasteiger partial charge on any atom is -0.469 e. The van der Waals surface area contributed by atoms with Gasteiger partial charge in [0.1, 0.15) is 0 Å². The highest BCUT2D eigenvalue weighted by Crippen LogP contribution is 2.42. The van der Waals surface area contributed by atoms with Crippen LogP contribution in [0, 0.1) is 0 Å². The van der Waals surface area contributed by atoms with Gasteiger partial charge in [0.25, 0.3) is 0 Å². The predicted octanol–water partition coefficient (Wildman–Crippen LogP) is 2.90. The molecule has 2 saturated heterocycles. The van der Waals surface area contributed by atoms with E-state index in [4.69, 9.17) is 9.47 Å². The lowest BCUT2D eigenvalue weighted by molar-refractivity contribution is -0.144. The summed E-state index contributed by atoms with van der Waals surface area (Å²) in [5.74, 6) is -0.0606. The van der Waals surface area contributed by atoms with Gasteiger partial charge >= 0.3 is 5.97 Å². The van der Waals surface area contributed by atoms with Gasteiger partial charge in [-0.25, -0.2) is 0 Å². The van der Waals surface area contributed by atoms with Crippen LogP contribution in [-0.2, 0) is 14.3 Å². The summed E-state index contributed by atoms with van der Waals surface area (Å²) in [7, 11) is 1.50. The van der Waals surface area contributed by atoms with Crippen LogP contribution < -0.4 is 0 Å². The lowest BCUT2D eigenvalue weighted by atomic mass is 9.85. The molecule has 4 nitrogen and oxygen atoms in total. The van der Waals surface area contributed by atoms with Gasteiger partial charge in [0, 0.05) is 18.7 Å². The predicted molar refractivity (Wildman–Crippen MR) is 81.2 cm³/mol. The molecule has 1 spiro atoms. The van der Waals surface area contributed by atoms with Gasteiger partial charge in [-0.05, 0) is 45.1 Å². The van der Waals surface area contributed by atoms with Crippen molar-refractivity contribution in [3.63, 3.8) is 0 Å². The molecule has 2 unspecified atom stereocenters. The van der Waals surface area contributed by atoms with E-state index in [1.165, 1.54) is 52.1 Å². The van der Waals surface area contributed by atoms with Gasteiger partial charge in [-0.15, -0.1) is 0 Å². The molecular weight excluding hydrogens is 266 g/mol. The van der Waals surface area contributed by atoms with Crippen LogP contribution in [0.3, 0.4) is 0 Å². The van der Waals surface area contributed by atoms with Crippen LogP contribution in [0.2, 0.25) is 0 Å². The molecule has 2 atom stereocenters. The third-order valence-electron chi connectivity index (χ3n) is 5.75. The molecule has 0 aromatic rings. The molecule has 2 aliphatic heterocycles. The van der Waals surface area contributed by atoms with Gasteiger partial charge in [0.2, 0.25) is 0 Å². The van der Waals surface area contributed by atoms with E-state index in [0.717, 1.165) is 26.0 Å². The quantitative estimate of drug-likeness (QED) is 0.751. The van der Waals surface area contributed by atoms with E-state index in [1.54, 1.807) is 0 Å². The Bertz CT molecular complexity index is 365. The summed E-state index contributed by atoms with van der Waals surface area (Å²) in [6, 6.07) is 0.986. The molecule has 21 heavy (non-hydrogen) atoms. The standard InChI is InChI=1S/C17H29NO3/c1-20-16(19)12-14-6-2-5-10-18(14)15-7-11-21-17(13-15)8-3-4-9-17/h14-15H,2-13H2,1H3. The first-order chi connectivity index (χ1) is 10.2. The largest absolute Gasteiger partial charge is 0.469 e. The molecule has 3 aliphatic rings. The first-order valence-corrected chi connectivity index (χ1v) is 8.69. The number of carbonyl (C=O) groups excluding carboxylic acids is 1. The Kier molecular flexibility index (Phi) is 4.85. The van der Waals surface area contributed by atoms with E-state index in [9.17, 15) is 4.79 Å². The van der Waals surface area contributed by atoms with Crippen molar-refractivity contribution in [2.45, 2.75) is 81.9 Å². The Morgan fingerprint density at radius 2 is 2.05 bits per heavy atom. The number of carbonyl (C=O) groups is 1. The molecule has 1 aliphatic carbocycles. The highest BCUT2D eigenvalue weighted by Gasteiger charge is 2.43. The number of nitrogens with zero attached hydrogens (tertiary/aromatic N) is 1. The molecule has 3 fully saturated rings. The van der Waals surface area contributed by atoms with Crippen LogP contribution in [0.25, 0.3) is 0 Å². The average molecular weight is 295 g/mol. The number of hydrogen-bond acceptors (Lipinski definition) is 4. The van der Waals surface area contributed by atoms with Gasteiger partial charge < -0.3 is 9.47 Å². The first-order valence-electron chi connectivity index (χ1n) is 8.69. The zero-order chi connectivity index (χ0) is 14.7. The normalized spacial score (nSPS) is 33.2. The molecule has 0 bridgehead atoms. The van der Waals surface area contributed by atoms with E-state index < -0.39 is 0 Å². The van der Waals surface area contributed by atoms with Crippen molar-refractivity contribution in [1.29, 1.82) is 0 Å². The summed E-state index contributed by atoms with van der Waals surface area (Å²) in [6.45, 7) is 2.04. The van der Waals surface area contributed by atoms with Crippen LogP contribution in [-0.4, -0.2) is 48.8 Å². The third-order valence-corrected chi connectivity index (χ3v) is 5.75. The van der Waals surface area contributed by atoms with E-state index >= 15 is 0 Å². The number of methoxy groups -OCH3 is 1. The molecule has 3 rings (SSSR count). The smallest absolute Gasteiger partial charge is 0.307 e. The first kappa shape index (κ1) is 15.3. The molecule has 0 amide bonds. The summed E-state index contributed by atoms with van der Waals surface area (Å²) in [6.07, 6.45) is 11.6. The Morgan fingerprint density at radius 3 is 2.81 bits per heavy atom. The number of esters is 1. The van der Waals surface area contributed by atoms with Crippen LogP contribution in [0.5, 0.6) is 0 Å². The maximum Gasteiger partial charge on any atom is 0.307 e. The number of ether oxygens (including phenoxy) is 2. The highest BCUT2D eigenvalue weighted by molar-refractivity contribution is 5.69. The molecule has 0 aromatic carbocycles. The second-order valence-electron chi connectivity index (χ2n) is 7.05. The lowest BCUT2D eigenvalue weighted by Gasteiger charge is -2.47. The maximum absolute atomic E-state index is 11.7. The van der Waals surface area contributed by atoms with E-state index in [0.29, 0.717) is 18.5 Å². The third kappa shape index (κ3) is 3.42. The Labute approximate surface area is 128 Å². The molecule has 0 radical (unpaired) electrons. The lowest BCUT2D eigenvalue weighted by Crippen LogP contribution is -2.53. The minimum absolute atomic E-state index is 0.0606. The van der Waals surface area contributed by atoms with E-state index in [2.05, 4.69) is 4.90 Å². The number of hydrogen-bond donors (Lipinski definition) is 0. The zero-order valence-corrected chi connectivity index (χ0v) is 13.3. The van der Waals surface area contributed by atoms with Crippen LogP contribution >= 0.6 is 0 Å². The fraction of sp³-hybridized carbons (Fsp3) is 0.941. The summed E-state index contributed by atoms with van der Waals surface area (Å²) in [5, 5.41) is 0. The van der Waals surface area contributed by atoms with Crippen molar-refractivity contribution in [1.82, 2.24) is 4.90 Å². The average Bonchev–Trinajstić information content (AvgIpc) is 2.95. The van der Waals surface area contributed by atoms with Gasteiger partial charge in [-0.3, -0.25) is 9.69 Å². The topological polar surface area (TPSA) is 38.8 Å². The molecule has 4 heteroatoms. The number of rotatable bonds is 3. The van der Waals surface area contributed by atoms with E-state index in [1.807, 2.05) is 0 Å². The Balaban J connectivity index is 1.66. The van der Waals surface area contributed by atoms with Gasteiger partial charge in [0.05, 0.1) is 19.1 Å². The van der Waals surface area contributed by atoms with Crippen LogP contribution in [0.1, 0.15) is 64.2 Å². The maximum atomic E-state index is 11.7. The van der Waals surface area contributed by atoms with Crippen molar-refractivity contribution in [3.8, 4) is 0 Å². The monoisotopic (exact) mass is 295 g/mol. The molecule has 0 N–H and O–H groups in total. The molecule has 120 valence electrons. The van der Waals surface area contributed by atoms with Gasteiger partial charge in [-0.1, -0.05) is 19.3 Å². The van der Waals surface area contributed by atoms with Crippen LogP contribution in [0.15, 0.2) is 0 Å². The SMILES string of the molecule is COC(=O)CC1CCCCN1C1CCOC2(CCCC2)C1. The minimum atomic E-state index is -0.0606. The van der Waals surface area contributed by atoms with E-state index in [-0.39, 0.29) is 11.6 Å². The second kappa shape index (κ2) is 6.66. The number of piperidine rings is 1. The summed E-state index contributed by atoms with van der Waals surface area (Å²) in [5.41, 5.74) is 0.163. The molecule has 1 saturated carbocycles. The van der Waals surface area contributed by atoms with Crippen molar-refractivity contribution in [2.24, 2.45) is 0 Å². The van der Waals surface area contributed by atoms with Gasteiger partial charge in [0.15, 0.2) is 0 Å². The Morgan fingerprint density at radius 1 is 1.24 bits per heavy atom. The van der Waals surface area contributed by atoms with Crippen molar-refractivity contribution < 1.29 is 14.3 Å². The van der Waals surface area contributed by atoms with Crippen molar-refractivity contribution in [2.75, 3.05) is 20.3 Å². The molecule has 2 heterocycles. The van der Waals surface area contributed by atoms with Crippen molar-refractivity contribution in [3.05, 3.63) is 0 Å². The Hall–Kier alpha value is -0.610. The summed E-state index contributed by atoms with van der Waals surface area (Å²) in [4.78, 5) is 14.3.